The van der Waals surface area contributed by atoms with Crippen molar-refractivity contribution >= 4 is 17.5 Å². The van der Waals surface area contributed by atoms with E-state index in [1.54, 1.807) is 48.5 Å². The van der Waals surface area contributed by atoms with Crippen LogP contribution >= 0.6 is 0 Å². The highest BCUT2D eigenvalue weighted by atomic mass is 16.6. The van der Waals surface area contributed by atoms with Crippen LogP contribution in [0.2, 0.25) is 0 Å². The van der Waals surface area contributed by atoms with Crippen LogP contribution in [0.25, 0.3) is 11.1 Å². The first kappa shape index (κ1) is 18.1. The summed E-state index contributed by atoms with van der Waals surface area (Å²) in [6.45, 7) is 0. The fraction of sp³-hybridized carbons (Fsp3) is 0.125. The summed E-state index contributed by atoms with van der Waals surface area (Å²) >= 11 is 0. The molecule has 1 N–H and O–H groups in total. The minimum atomic E-state index is -0.451. The van der Waals surface area contributed by atoms with E-state index in [4.69, 9.17) is 9.57 Å². The molecule has 0 amide bonds. The van der Waals surface area contributed by atoms with Gasteiger partial charge in [-0.2, -0.15) is 0 Å². The Hall–Kier alpha value is -3.93. The van der Waals surface area contributed by atoms with Gasteiger partial charge < -0.3 is 14.7 Å². The molecule has 0 fully saturated rings. The molecule has 30 heavy (non-hydrogen) atoms. The number of phenols is 1. The molecule has 0 saturated carbocycles. The second kappa shape index (κ2) is 7.15. The molecule has 6 heteroatoms. The van der Waals surface area contributed by atoms with E-state index in [1.807, 2.05) is 18.2 Å². The second-order valence-corrected chi connectivity index (χ2v) is 7.25. The second-order valence-electron chi connectivity index (χ2n) is 7.25. The lowest BCUT2D eigenvalue weighted by Gasteiger charge is -2.11. The number of carbonyl (C=O) groups excluding carboxylic acids is 2. The van der Waals surface area contributed by atoms with Gasteiger partial charge in [0.1, 0.15) is 17.6 Å². The quantitative estimate of drug-likeness (QED) is 0.413. The zero-order chi connectivity index (χ0) is 20.7. The number of hydrogen-bond donors (Lipinski definition) is 1. The van der Waals surface area contributed by atoms with Gasteiger partial charge in [-0.3, -0.25) is 9.59 Å². The SMILES string of the molecule is O=C(CC1CC(c2ccc(O)cc2)=NO1)Oc1cccc2c1-c1ccccc1C2=O. The van der Waals surface area contributed by atoms with Crippen molar-refractivity contribution in [2.75, 3.05) is 0 Å². The molecule has 0 saturated heterocycles. The molecule has 148 valence electrons. The Bertz CT molecular complexity index is 1200. The minimum absolute atomic E-state index is 0.0321. The number of benzene rings is 3. The van der Waals surface area contributed by atoms with E-state index < -0.39 is 12.1 Å². The number of carbonyl (C=O) groups is 2. The summed E-state index contributed by atoms with van der Waals surface area (Å²) in [5, 5.41) is 13.5. The Labute approximate surface area is 172 Å². The van der Waals surface area contributed by atoms with Crippen molar-refractivity contribution in [3.8, 4) is 22.6 Å². The molecule has 1 unspecified atom stereocenters. The molecule has 0 radical (unpaired) electrons. The third-order valence-corrected chi connectivity index (χ3v) is 5.26. The van der Waals surface area contributed by atoms with Crippen molar-refractivity contribution in [2.24, 2.45) is 5.16 Å². The van der Waals surface area contributed by atoms with Crippen molar-refractivity contribution in [3.63, 3.8) is 0 Å². The van der Waals surface area contributed by atoms with Crippen LogP contribution in [0.3, 0.4) is 0 Å². The number of rotatable bonds is 4. The number of hydrogen-bond acceptors (Lipinski definition) is 6. The zero-order valence-corrected chi connectivity index (χ0v) is 15.9. The van der Waals surface area contributed by atoms with Crippen molar-refractivity contribution < 1.29 is 24.3 Å². The van der Waals surface area contributed by atoms with E-state index in [1.165, 1.54) is 0 Å². The highest BCUT2D eigenvalue weighted by molar-refractivity contribution is 6.22. The van der Waals surface area contributed by atoms with Crippen LogP contribution in [-0.2, 0) is 9.63 Å². The maximum atomic E-state index is 12.6. The Morgan fingerprint density at radius 2 is 1.73 bits per heavy atom. The summed E-state index contributed by atoms with van der Waals surface area (Å²) in [5.41, 5.74) is 4.13. The highest BCUT2D eigenvalue weighted by Crippen LogP contribution is 2.42. The Kier molecular flexibility index (Phi) is 4.32. The van der Waals surface area contributed by atoms with Gasteiger partial charge in [0.15, 0.2) is 5.78 Å². The predicted molar refractivity (Wildman–Crippen MR) is 110 cm³/mol. The van der Waals surface area contributed by atoms with Crippen molar-refractivity contribution in [1.82, 2.24) is 0 Å². The standard InChI is InChI=1S/C24H17NO5/c26-15-10-8-14(9-11-15)20-12-16(30-25-20)13-22(27)29-21-7-3-6-19-23(21)17-4-1-2-5-18(17)24(19)28/h1-11,16,26H,12-13H2. The maximum Gasteiger partial charge on any atom is 0.315 e. The number of phenolic OH excluding ortho intramolecular Hbond substituents is 1. The topological polar surface area (TPSA) is 85.2 Å². The largest absolute Gasteiger partial charge is 0.508 e. The van der Waals surface area contributed by atoms with Crippen LogP contribution in [0.4, 0.5) is 0 Å². The lowest BCUT2D eigenvalue weighted by atomic mass is 10.0. The van der Waals surface area contributed by atoms with Crippen LogP contribution in [0, 0.1) is 0 Å². The van der Waals surface area contributed by atoms with E-state index in [0.29, 0.717) is 34.6 Å². The van der Waals surface area contributed by atoms with E-state index in [2.05, 4.69) is 5.16 Å². The molecule has 0 spiro atoms. The van der Waals surface area contributed by atoms with Crippen LogP contribution < -0.4 is 4.74 Å². The normalized spacial score (nSPS) is 16.5. The number of fused-ring (bicyclic) bond motifs is 3. The van der Waals surface area contributed by atoms with E-state index in [-0.39, 0.29) is 18.0 Å². The average molecular weight is 399 g/mol. The molecular formula is C24H17NO5. The van der Waals surface area contributed by atoms with Crippen LogP contribution in [0.15, 0.2) is 71.9 Å². The van der Waals surface area contributed by atoms with Gasteiger partial charge in [-0.1, -0.05) is 41.6 Å². The summed E-state index contributed by atoms with van der Waals surface area (Å²) in [7, 11) is 0. The van der Waals surface area contributed by atoms with Crippen molar-refractivity contribution in [1.29, 1.82) is 0 Å². The van der Waals surface area contributed by atoms with Gasteiger partial charge in [-0.15, -0.1) is 0 Å². The Morgan fingerprint density at radius 1 is 1.00 bits per heavy atom. The van der Waals surface area contributed by atoms with E-state index in [9.17, 15) is 14.7 Å². The van der Waals surface area contributed by atoms with Crippen LogP contribution in [0.1, 0.15) is 34.3 Å². The van der Waals surface area contributed by atoms with Gasteiger partial charge in [0, 0.05) is 23.1 Å². The minimum Gasteiger partial charge on any atom is -0.508 e. The highest BCUT2D eigenvalue weighted by Gasteiger charge is 2.31. The monoisotopic (exact) mass is 399 g/mol. The Balaban J connectivity index is 1.29. The fourth-order valence-corrected chi connectivity index (χ4v) is 3.84. The maximum absolute atomic E-state index is 12.6. The molecule has 5 rings (SSSR count). The van der Waals surface area contributed by atoms with Crippen LogP contribution in [-0.4, -0.2) is 28.7 Å². The van der Waals surface area contributed by atoms with Gasteiger partial charge >= 0.3 is 5.97 Å². The lowest BCUT2D eigenvalue weighted by Crippen LogP contribution is -2.18. The fourth-order valence-electron chi connectivity index (χ4n) is 3.84. The summed E-state index contributed by atoms with van der Waals surface area (Å²) in [4.78, 5) is 30.6. The zero-order valence-electron chi connectivity index (χ0n) is 15.9. The smallest absolute Gasteiger partial charge is 0.315 e. The predicted octanol–water partition coefficient (Wildman–Crippen LogP) is 4.09. The lowest BCUT2D eigenvalue weighted by molar-refractivity contribution is -0.137. The van der Waals surface area contributed by atoms with Gasteiger partial charge in [-0.05, 0) is 41.5 Å². The number of esters is 1. The molecule has 1 atom stereocenters. The number of ketones is 1. The van der Waals surface area contributed by atoms with Gasteiger partial charge in [-0.25, -0.2) is 0 Å². The molecule has 1 aliphatic heterocycles. The molecule has 6 nitrogen and oxygen atoms in total. The molecule has 3 aromatic carbocycles. The molecule has 0 bridgehead atoms. The number of oxime groups is 1. The summed E-state index contributed by atoms with van der Waals surface area (Å²) in [6, 6.07) is 19.1. The molecule has 1 aliphatic carbocycles. The van der Waals surface area contributed by atoms with E-state index >= 15 is 0 Å². The summed E-state index contributed by atoms with van der Waals surface area (Å²) in [6.07, 6.45) is 0.0744. The van der Waals surface area contributed by atoms with Crippen LogP contribution in [0.5, 0.6) is 11.5 Å². The molecule has 2 aliphatic rings. The number of ether oxygens (including phenoxy) is 1. The van der Waals surface area contributed by atoms with Gasteiger partial charge in [0.25, 0.3) is 0 Å². The van der Waals surface area contributed by atoms with Crippen molar-refractivity contribution in [3.05, 3.63) is 83.4 Å². The third-order valence-electron chi connectivity index (χ3n) is 5.26. The number of aromatic hydroxyl groups is 1. The summed E-state index contributed by atoms with van der Waals surface area (Å²) in [5.74, 6) is 0.0271. The average Bonchev–Trinajstić information content (AvgIpc) is 3.33. The van der Waals surface area contributed by atoms with Gasteiger partial charge in [0.05, 0.1) is 12.1 Å². The first-order valence-electron chi connectivity index (χ1n) is 9.60. The first-order chi connectivity index (χ1) is 14.6. The Morgan fingerprint density at radius 3 is 2.53 bits per heavy atom. The third kappa shape index (κ3) is 3.12. The molecule has 1 heterocycles. The van der Waals surface area contributed by atoms with Crippen molar-refractivity contribution in [2.45, 2.75) is 18.9 Å². The summed E-state index contributed by atoms with van der Waals surface area (Å²) < 4.78 is 5.63. The number of nitrogens with zero attached hydrogens (tertiary/aromatic N) is 1. The molecule has 0 aromatic heterocycles. The first-order valence-corrected chi connectivity index (χ1v) is 9.60. The molecular weight excluding hydrogens is 382 g/mol. The van der Waals surface area contributed by atoms with Gasteiger partial charge in [0.2, 0.25) is 0 Å². The molecule has 3 aromatic rings. The van der Waals surface area contributed by atoms with E-state index in [0.717, 1.165) is 11.1 Å².